The summed E-state index contributed by atoms with van der Waals surface area (Å²) in [6.45, 7) is 0.412. The quantitative estimate of drug-likeness (QED) is 0.693. The summed E-state index contributed by atoms with van der Waals surface area (Å²) in [5, 5.41) is 10.1. The van der Waals surface area contributed by atoms with E-state index in [1.165, 1.54) is 0 Å². The molecule has 0 radical (unpaired) electrons. The summed E-state index contributed by atoms with van der Waals surface area (Å²) in [6.07, 6.45) is 0.254. The van der Waals surface area contributed by atoms with Crippen LogP contribution in [-0.2, 0) is 17.7 Å². The van der Waals surface area contributed by atoms with Crippen molar-refractivity contribution < 1.29 is 14.5 Å². The van der Waals surface area contributed by atoms with Crippen molar-refractivity contribution in [2.24, 2.45) is 0 Å². The van der Waals surface area contributed by atoms with Gasteiger partial charge in [-0.1, -0.05) is 41.9 Å². The number of ketones is 1. The summed E-state index contributed by atoms with van der Waals surface area (Å²) in [5.74, 6) is -0.0380. The molecule has 20 heavy (non-hydrogen) atoms. The van der Waals surface area contributed by atoms with Crippen LogP contribution in [0.3, 0.4) is 0 Å². The van der Waals surface area contributed by atoms with Crippen molar-refractivity contribution in [1.29, 1.82) is 0 Å². The molecule has 1 aliphatic heterocycles. The van der Waals surface area contributed by atoms with Crippen LogP contribution in [-0.4, -0.2) is 17.9 Å². The Hall–Kier alpha value is -1.62. The third kappa shape index (κ3) is 2.50. The number of Topliss-reactive ketones (excluding diaryl/α,β-unsaturated/α-hetero) is 1. The summed E-state index contributed by atoms with van der Waals surface area (Å²) in [5.41, 5.74) is 3.07. The van der Waals surface area contributed by atoms with Crippen molar-refractivity contribution in [3.8, 4) is 0 Å². The number of benzene rings is 2. The van der Waals surface area contributed by atoms with E-state index in [-0.39, 0.29) is 12.2 Å². The minimum absolute atomic E-state index is 0.0380. The molecule has 2 aromatic carbocycles. The Morgan fingerprint density at radius 2 is 2.10 bits per heavy atom. The van der Waals surface area contributed by atoms with Crippen molar-refractivity contribution in [1.82, 2.24) is 0 Å². The first-order valence-corrected chi connectivity index (χ1v) is 6.72. The van der Waals surface area contributed by atoms with Crippen LogP contribution in [0.1, 0.15) is 21.5 Å². The summed E-state index contributed by atoms with van der Waals surface area (Å²) in [7, 11) is -0.889. The van der Waals surface area contributed by atoms with Gasteiger partial charge in [-0.2, -0.15) is 0 Å². The Morgan fingerprint density at radius 3 is 2.90 bits per heavy atom. The highest BCUT2D eigenvalue weighted by molar-refractivity contribution is 6.61. The van der Waals surface area contributed by atoms with Gasteiger partial charge >= 0.3 is 7.12 Å². The van der Waals surface area contributed by atoms with E-state index < -0.39 is 7.12 Å². The summed E-state index contributed by atoms with van der Waals surface area (Å²) >= 11 is 6.02. The lowest BCUT2D eigenvalue weighted by Crippen LogP contribution is -2.28. The molecule has 0 amide bonds. The highest BCUT2D eigenvalue weighted by Gasteiger charge is 2.27. The molecule has 0 saturated carbocycles. The van der Waals surface area contributed by atoms with Gasteiger partial charge in [-0.05, 0) is 28.7 Å². The van der Waals surface area contributed by atoms with Crippen molar-refractivity contribution in [2.45, 2.75) is 13.0 Å². The number of halogens is 1. The fourth-order valence-corrected chi connectivity index (χ4v) is 2.58. The van der Waals surface area contributed by atoms with Crippen LogP contribution in [0.4, 0.5) is 0 Å². The highest BCUT2D eigenvalue weighted by atomic mass is 35.5. The normalized spacial score (nSPS) is 13.4. The second-order valence-corrected chi connectivity index (χ2v) is 5.18. The van der Waals surface area contributed by atoms with Gasteiger partial charge in [0.1, 0.15) is 0 Å². The zero-order chi connectivity index (χ0) is 14.1. The molecule has 3 nitrogen and oxygen atoms in total. The van der Waals surface area contributed by atoms with Gasteiger partial charge in [0.05, 0.1) is 11.6 Å². The molecule has 0 aliphatic carbocycles. The van der Waals surface area contributed by atoms with E-state index in [0.29, 0.717) is 17.2 Å². The average molecular weight is 287 g/mol. The van der Waals surface area contributed by atoms with Gasteiger partial charge in [-0.25, -0.2) is 0 Å². The second kappa shape index (κ2) is 5.41. The fourth-order valence-electron chi connectivity index (χ4n) is 2.34. The smallest absolute Gasteiger partial charge is 0.423 e. The van der Waals surface area contributed by atoms with Gasteiger partial charge < -0.3 is 9.68 Å². The van der Waals surface area contributed by atoms with Crippen molar-refractivity contribution >= 4 is 30.0 Å². The largest absolute Gasteiger partial charge is 0.491 e. The van der Waals surface area contributed by atoms with Crippen LogP contribution in [0.25, 0.3) is 0 Å². The molecule has 1 N–H and O–H groups in total. The highest BCUT2D eigenvalue weighted by Crippen LogP contribution is 2.18. The molecule has 100 valence electrons. The molecule has 2 aromatic rings. The monoisotopic (exact) mass is 286 g/mol. The van der Waals surface area contributed by atoms with Crippen LogP contribution in [0.5, 0.6) is 0 Å². The van der Waals surface area contributed by atoms with E-state index in [9.17, 15) is 9.82 Å². The molecule has 0 fully saturated rings. The Balaban J connectivity index is 1.84. The first-order valence-electron chi connectivity index (χ1n) is 6.34. The third-order valence-corrected chi connectivity index (χ3v) is 3.74. The molecule has 0 aromatic heterocycles. The molecular formula is C15H12BClO3. The lowest BCUT2D eigenvalue weighted by atomic mass is 9.78. The lowest BCUT2D eigenvalue weighted by Gasteiger charge is -2.06. The van der Waals surface area contributed by atoms with Gasteiger partial charge in [0.25, 0.3) is 0 Å². The Morgan fingerprint density at radius 1 is 1.30 bits per heavy atom. The van der Waals surface area contributed by atoms with Crippen molar-refractivity contribution in [3.05, 3.63) is 64.2 Å². The van der Waals surface area contributed by atoms with E-state index in [1.807, 2.05) is 18.2 Å². The molecular weight excluding hydrogens is 274 g/mol. The molecule has 1 aliphatic rings. The maximum Gasteiger partial charge on any atom is 0.491 e. The van der Waals surface area contributed by atoms with Crippen LogP contribution in [0.2, 0.25) is 5.02 Å². The minimum atomic E-state index is -0.889. The maximum atomic E-state index is 12.2. The van der Waals surface area contributed by atoms with E-state index in [4.69, 9.17) is 16.3 Å². The zero-order valence-electron chi connectivity index (χ0n) is 10.7. The average Bonchev–Trinajstić information content (AvgIpc) is 2.81. The Kier molecular flexibility index (Phi) is 3.61. The van der Waals surface area contributed by atoms with Crippen LogP contribution < -0.4 is 5.46 Å². The lowest BCUT2D eigenvalue weighted by molar-refractivity contribution is 0.0993. The molecule has 5 heteroatoms. The summed E-state index contributed by atoms with van der Waals surface area (Å²) in [4.78, 5) is 12.2. The molecule has 0 saturated heterocycles. The van der Waals surface area contributed by atoms with Gasteiger partial charge in [-0.15, -0.1) is 0 Å². The first-order chi connectivity index (χ1) is 9.65. The summed E-state index contributed by atoms with van der Waals surface area (Å²) < 4.78 is 5.14. The van der Waals surface area contributed by atoms with Crippen LogP contribution in [0, 0.1) is 0 Å². The van der Waals surface area contributed by atoms with Gasteiger partial charge in [-0.3, -0.25) is 4.79 Å². The molecule has 0 atom stereocenters. The standard InChI is InChI=1S/C15H12BClO3/c17-14-4-2-1-3-12(14)15(18)8-10-5-6-11-9-20-16(19)13(11)7-10/h1-7,19H,8-9H2. The number of hydrogen-bond donors (Lipinski definition) is 1. The maximum absolute atomic E-state index is 12.2. The second-order valence-electron chi connectivity index (χ2n) is 4.78. The van der Waals surface area contributed by atoms with Crippen molar-refractivity contribution in [2.75, 3.05) is 0 Å². The topological polar surface area (TPSA) is 46.5 Å². The number of carbonyl (C=O) groups is 1. The number of carbonyl (C=O) groups excluding carboxylic acids is 1. The third-order valence-electron chi connectivity index (χ3n) is 3.41. The van der Waals surface area contributed by atoms with E-state index in [2.05, 4.69) is 0 Å². The van der Waals surface area contributed by atoms with Gasteiger partial charge in [0, 0.05) is 12.0 Å². The minimum Gasteiger partial charge on any atom is -0.423 e. The first kappa shape index (κ1) is 13.4. The zero-order valence-corrected chi connectivity index (χ0v) is 11.4. The van der Waals surface area contributed by atoms with E-state index in [1.54, 1.807) is 24.3 Å². The van der Waals surface area contributed by atoms with Crippen LogP contribution in [0.15, 0.2) is 42.5 Å². The van der Waals surface area contributed by atoms with E-state index in [0.717, 1.165) is 16.6 Å². The fraction of sp³-hybridized carbons (Fsp3) is 0.133. The Bertz CT molecular complexity index is 672. The van der Waals surface area contributed by atoms with Crippen LogP contribution >= 0.6 is 11.6 Å². The molecule has 0 unspecified atom stereocenters. The SMILES string of the molecule is O=C(Cc1ccc2c(c1)B(O)OC2)c1ccccc1Cl. The number of hydrogen-bond acceptors (Lipinski definition) is 3. The van der Waals surface area contributed by atoms with E-state index >= 15 is 0 Å². The predicted molar refractivity (Wildman–Crippen MR) is 78.3 cm³/mol. The van der Waals surface area contributed by atoms with Gasteiger partial charge in [0.15, 0.2) is 5.78 Å². The molecule has 3 rings (SSSR count). The molecule has 0 spiro atoms. The summed E-state index contributed by atoms with van der Waals surface area (Å²) in [6, 6.07) is 12.6. The van der Waals surface area contributed by atoms with Crippen molar-refractivity contribution in [3.63, 3.8) is 0 Å². The predicted octanol–water partition coefficient (Wildman–Crippen LogP) is 1.98. The molecule has 0 bridgehead atoms. The number of fused-ring (bicyclic) bond motifs is 1. The number of rotatable bonds is 3. The van der Waals surface area contributed by atoms with Gasteiger partial charge in [0.2, 0.25) is 0 Å². The Labute approximate surface area is 122 Å². The molecule has 1 heterocycles.